The summed E-state index contributed by atoms with van der Waals surface area (Å²) < 4.78 is 52.5. The van der Waals surface area contributed by atoms with E-state index >= 15 is 0 Å². The fourth-order valence-corrected chi connectivity index (χ4v) is 2.72. The van der Waals surface area contributed by atoms with E-state index in [1.54, 1.807) is 0 Å². The Labute approximate surface area is 148 Å². The molecule has 0 unspecified atom stereocenters. The Morgan fingerprint density at radius 3 is 2.35 bits per heavy atom. The first-order valence-electron chi connectivity index (χ1n) is 7.87. The van der Waals surface area contributed by atoms with E-state index < -0.39 is 29.4 Å². The summed E-state index contributed by atoms with van der Waals surface area (Å²) in [5, 5.41) is 2.30. The molecule has 0 aliphatic carbocycles. The maximum absolute atomic E-state index is 13.1. The van der Waals surface area contributed by atoms with Gasteiger partial charge in [0.2, 0.25) is 0 Å². The van der Waals surface area contributed by atoms with Crippen LogP contribution in [0.25, 0.3) is 0 Å². The number of rotatable bonds is 6. The summed E-state index contributed by atoms with van der Waals surface area (Å²) in [5.74, 6) is -1.50. The van der Waals surface area contributed by atoms with Crippen molar-refractivity contribution in [3.8, 4) is 0 Å². The second-order valence-electron chi connectivity index (χ2n) is 5.85. The fourth-order valence-electron chi connectivity index (χ4n) is 2.72. The van der Waals surface area contributed by atoms with Crippen LogP contribution in [0.1, 0.15) is 39.4 Å². The molecule has 0 heterocycles. The zero-order chi connectivity index (χ0) is 19.3. The molecule has 0 aromatic heterocycles. The number of hydrogen-bond donors (Lipinski definition) is 1. The highest BCUT2D eigenvalue weighted by Gasteiger charge is 2.32. The molecule has 3 nitrogen and oxygen atoms in total. The molecular weight excluding hydrogens is 350 g/mol. The quantitative estimate of drug-likeness (QED) is 0.617. The number of benzene rings is 2. The largest absolute Gasteiger partial charge is 0.416 e. The molecule has 26 heavy (non-hydrogen) atoms. The SMILES string of the molecule is CNC(=O)c1cc(C[C@@H](CC=O)c2ccc(F)cc2)cc(C(F)(F)F)c1. The standard InChI is InChI=1S/C19H17F4NO2/c1-24-18(26)15-9-12(10-16(11-15)19(21,22)23)8-14(6-7-25)13-2-4-17(20)5-3-13/h2-5,7,9-11,14H,6,8H2,1H3,(H,24,26)/t14-/m1/s1. The van der Waals surface area contributed by atoms with Gasteiger partial charge in [-0.2, -0.15) is 13.2 Å². The highest BCUT2D eigenvalue weighted by atomic mass is 19.4. The molecule has 0 saturated heterocycles. The third kappa shape index (κ3) is 4.91. The van der Waals surface area contributed by atoms with Gasteiger partial charge in [-0.1, -0.05) is 12.1 Å². The summed E-state index contributed by atoms with van der Waals surface area (Å²) in [6.45, 7) is 0. The van der Waals surface area contributed by atoms with Crippen LogP contribution in [0.5, 0.6) is 0 Å². The number of aldehydes is 1. The Hall–Kier alpha value is -2.70. The van der Waals surface area contributed by atoms with Crippen LogP contribution in [-0.4, -0.2) is 19.2 Å². The zero-order valence-electron chi connectivity index (χ0n) is 13.9. The third-order valence-corrected chi connectivity index (χ3v) is 4.01. The van der Waals surface area contributed by atoms with Crippen LogP contribution in [0, 0.1) is 5.82 Å². The van der Waals surface area contributed by atoms with Crippen molar-refractivity contribution in [2.45, 2.75) is 24.9 Å². The van der Waals surface area contributed by atoms with Gasteiger partial charge in [0.25, 0.3) is 5.91 Å². The van der Waals surface area contributed by atoms with Gasteiger partial charge in [0.15, 0.2) is 0 Å². The van der Waals surface area contributed by atoms with Crippen LogP contribution < -0.4 is 5.32 Å². The number of carbonyl (C=O) groups excluding carboxylic acids is 2. The minimum Gasteiger partial charge on any atom is -0.355 e. The van der Waals surface area contributed by atoms with Gasteiger partial charge in [0, 0.05) is 19.0 Å². The van der Waals surface area contributed by atoms with Gasteiger partial charge in [-0.3, -0.25) is 4.79 Å². The number of alkyl halides is 3. The summed E-state index contributed by atoms with van der Waals surface area (Å²) in [7, 11) is 1.33. The van der Waals surface area contributed by atoms with Gasteiger partial charge >= 0.3 is 6.18 Å². The monoisotopic (exact) mass is 367 g/mol. The van der Waals surface area contributed by atoms with Crippen LogP contribution in [0.15, 0.2) is 42.5 Å². The minimum absolute atomic E-state index is 0.0667. The van der Waals surface area contributed by atoms with E-state index in [0.29, 0.717) is 11.8 Å². The van der Waals surface area contributed by atoms with Crippen molar-refractivity contribution in [2.24, 2.45) is 0 Å². The van der Waals surface area contributed by atoms with Gasteiger partial charge in [-0.05, 0) is 53.8 Å². The van der Waals surface area contributed by atoms with Crippen LogP contribution in [0.4, 0.5) is 17.6 Å². The molecule has 2 aromatic carbocycles. The first kappa shape index (κ1) is 19.6. The molecule has 2 rings (SSSR count). The second-order valence-corrected chi connectivity index (χ2v) is 5.85. The van der Waals surface area contributed by atoms with Crippen molar-refractivity contribution in [3.63, 3.8) is 0 Å². The Kier molecular flexibility index (Phi) is 6.13. The number of amides is 1. The molecule has 7 heteroatoms. The van der Waals surface area contributed by atoms with Gasteiger partial charge in [0.05, 0.1) is 5.56 Å². The molecule has 0 fully saturated rings. The number of carbonyl (C=O) groups is 2. The summed E-state index contributed by atoms with van der Waals surface area (Å²) in [4.78, 5) is 22.8. The number of nitrogens with one attached hydrogen (secondary N) is 1. The highest BCUT2D eigenvalue weighted by molar-refractivity contribution is 5.94. The Morgan fingerprint density at radius 1 is 1.15 bits per heavy atom. The van der Waals surface area contributed by atoms with Gasteiger partial charge in [-0.25, -0.2) is 4.39 Å². The normalized spacial score (nSPS) is 12.5. The molecular formula is C19H17F4NO2. The molecule has 0 aliphatic heterocycles. The van der Waals surface area contributed by atoms with E-state index in [9.17, 15) is 27.2 Å². The molecule has 0 bridgehead atoms. The number of hydrogen-bond acceptors (Lipinski definition) is 2. The fraction of sp³-hybridized carbons (Fsp3) is 0.263. The molecule has 1 amide bonds. The average molecular weight is 367 g/mol. The van der Waals surface area contributed by atoms with Crippen molar-refractivity contribution in [3.05, 3.63) is 70.5 Å². The van der Waals surface area contributed by atoms with E-state index in [-0.39, 0.29) is 24.0 Å². The minimum atomic E-state index is -4.60. The summed E-state index contributed by atoms with van der Waals surface area (Å²) in [5.41, 5.74) is -0.133. The highest BCUT2D eigenvalue weighted by Crippen LogP contribution is 2.32. The molecule has 0 radical (unpaired) electrons. The first-order chi connectivity index (χ1) is 12.2. The van der Waals surface area contributed by atoms with Crippen molar-refractivity contribution < 1.29 is 27.2 Å². The van der Waals surface area contributed by atoms with E-state index in [4.69, 9.17) is 0 Å². The maximum Gasteiger partial charge on any atom is 0.416 e. The van der Waals surface area contributed by atoms with Crippen LogP contribution in [0.3, 0.4) is 0 Å². The zero-order valence-corrected chi connectivity index (χ0v) is 13.9. The summed E-state index contributed by atoms with van der Waals surface area (Å²) in [6.07, 6.45) is -3.76. The second kappa shape index (κ2) is 8.12. The smallest absolute Gasteiger partial charge is 0.355 e. The lowest BCUT2D eigenvalue weighted by atomic mass is 9.88. The van der Waals surface area contributed by atoms with E-state index in [1.807, 2.05) is 0 Å². The molecule has 0 spiro atoms. The predicted octanol–water partition coefficient (Wildman–Crippen LogP) is 4.12. The molecule has 0 aliphatic rings. The molecule has 0 saturated carbocycles. The third-order valence-electron chi connectivity index (χ3n) is 4.01. The van der Waals surface area contributed by atoms with E-state index in [0.717, 1.165) is 12.1 Å². The molecule has 138 valence electrons. The average Bonchev–Trinajstić information content (AvgIpc) is 2.60. The lowest BCUT2D eigenvalue weighted by Crippen LogP contribution is -2.19. The van der Waals surface area contributed by atoms with Crippen molar-refractivity contribution >= 4 is 12.2 Å². The van der Waals surface area contributed by atoms with E-state index in [2.05, 4.69) is 5.32 Å². The van der Waals surface area contributed by atoms with Gasteiger partial charge in [0.1, 0.15) is 12.1 Å². The van der Waals surface area contributed by atoms with Crippen molar-refractivity contribution in [2.75, 3.05) is 7.05 Å². The lowest BCUT2D eigenvalue weighted by Gasteiger charge is -2.17. The topological polar surface area (TPSA) is 46.2 Å². The lowest BCUT2D eigenvalue weighted by molar-refractivity contribution is -0.137. The molecule has 1 atom stereocenters. The molecule has 2 aromatic rings. The maximum atomic E-state index is 13.1. The van der Waals surface area contributed by atoms with Gasteiger partial charge in [-0.15, -0.1) is 0 Å². The number of halogens is 4. The van der Waals surface area contributed by atoms with Crippen LogP contribution in [0.2, 0.25) is 0 Å². The Balaban J connectivity index is 2.42. The van der Waals surface area contributed by atoms with Crippen LogP contribution in [-0.2, 0) is 17.4 Å². The Morgan fingerprint density at radius 2 is 1.81 bits per heavy atom. The summed E-state index contributed by atoms with van der Waals surface area (Å²) >= 11 is 0. The van der Waals surface area contributed by atoms with Gasteiger partial charge < -0.3 is 10.1 Å². The van der Waals surface area contributed by atoms with Crippen LogP contribution >= 0.6 is 0 Å². The predicted molar refractivity (Wildman–Crippen MR) is 88.4 cm³/mol. The van der Waals surface area contributed by atoms with E-state index in [1.165, 1.54) is 37.4 Å². The molecule has 1 N–H and O–H groups in total. The summed E-state index contributed by atoms with van der Waals surface area (Å²) in [6, 6.07) is 8.58. The van der Waals surface area contributed by atoms with Crippen molar-refractivity contribution in [1.29, 1.82) is 0 Å². The first-order valence-corrected chi connectivity index (χ1v) is 7.87. The Bertz CT molecular complexity index is 785. The van der Waals surface area contributed by atoms with Crippen molar-refractivity contribution in [1.82, 2.24) is 5.32 Å².